The Balaban J connectivity index is 1.44. The maximum Gasteiger partial charge on any atom is 0.123 e. The molecule has 6 nitrogen and oxygen atoms in total. The van der Waals surface area contributed by atoms with Gasteiger partial charge in [0, 0.05) is 52.0 Å². The molecule has 0 aliphatic rings. The Labute approximate surface area is 201 Å². The lowest BCUT2D eigenvalue weighted by atomic mass is 10.0. The smallest absolute Gasteiger partial charge is 0.123 e. The number of hydrogen-bond acceptors (Lipinski definition) is 4. The third kappa shape index (κ3) is 3.91. The number of nitrogens with zero attached hydrogens (tertiary/aromatic N) is 3. The number of nitrogens with one attached hydrogen (secondary N) is 3. The van der Waals surface area contributed by atoms with Crippen LogP contribution in [0.5, 0.6) is 0 Å². The summed E-state index contributed by atoms with van der Waals surface area (Å²) in [7, 11) is 0. The second-order valence-electron chi connectivity index (χ2n) is 8.90. The molecule has 6 rings (SSSR count). The van der Waals surface area contributed by atoms with Gasteiger partial charge in [0.15, 0.2) is 0 Å². The number of aromatic nitrogens is 5. The summed E-state index contributed by atoms with van der Waals surface area (Å²) in [6, 6.07) is 19.1. The summed E-state index contributed by atoms with van der Waals surface area (Å²) < 4.78 is 13.4. The molecule has 0 bridgehead atoms. The first-order chi connectivity index (χ1) is 17.0. The topological polar surface area (TPSA) is 82.3 Å². The van der Waals surface area contributed by atoms with Crippen molar-refractivity contribution in [2.75, 3.05) is 5.32 Å². The summed E-state index contributed by atoms with van der Waals surface area (Å²) >= 11 is 0. The molecule has 2 aromatic carbocycles. The second kappa shape index (κ2) is 8.36. The number of pyridine rings is 2. The minimum atomic E-state index is -0.268. The van der Waals surface area contributed by atoms with E-state index in [2.05, 4.69) is 68.6 Å². The molecule has 4 aromatic heterocycles. The Morgan fingerprint density at radius 3 is 2.43 bits per heavy atom. The van der Waals surface area contributed by atoms with Crippen molar-refractivity contribution in [3.05, 3.63) is 85.1 Å². The SMILES string of the molecule is CC(C)Nc1cncc(-c2ccc3[nH]nc(-c4cc5c(-c6ccc(F)cc6)nccc5[nH]4)c3c2)c1. The quantitative estimate of drug-likeness (QED) is 0.263. The van der Waals surface area contributed by atoms with E-state index in [4.69, 9.17) is 0 Å². The van der Waals surface area contributed by atoms with E-state index >= 15 is 0 Å². The van der Waals surface area contributed by atoms with Crippen LogP contribution in [0.3, 0.4) is 0 Å². The van der Waals surface area contributed by atoms with Gasteiger partial charge in [-0.15, -0.1) is 0 Å². The van der Waals surface area contributed by atoms with E-state index in [0.717, 1.165) is 61.3 Å². The van der Waals surface area contributed by atoms with Gasteiger partial charge in [-0.3, -0.25) is 15.1 Å². The molecule has 35 heavy (non-hydrogen) atoms. The number of fused-ring (bicyclic) bond motifs is 2. The molecule has 0 saturated heterocycles. The minimum Gasteiger partial charge on any atom is -0.382 e. The minimum absolute atomic E-state index is 0.268. The van der Waals surface area contributed by atoms with Crippen LogP contribution in [0.25, 0.3) is 55.6 Å². The van der Waals surface area contributed by atoms with E-state index in [-0.39, 0.29) is 5.82 Å². The van der Waals surface area contributed by atoms with Crippen molar-refractivity contribution in [3.8, 4) is 33.8 Å². The number of rotatable bonds is 5. The molecule has 0 fully saturated rings. The predicted molar refractivity (Wildman–Crippen MR) is 139 cm³/mol. The van der Waals surface area contributed by atoms with Gasteiger partial charge in [0.2, 0.25) is 0 Å². The molecule has 0 unspecified atom stereocenters. The molecule has 0 aliphatic heterocycles. The zero-order chi connectivity index (χ0) is 23.9. The molecule has 3 N–H and O–H groups in total. The molecular weight excluding hydrogens is 439 g/mol. The van der Waals surface area contributed by atoms with Crippen molar-refractivity contribution < 1.29 is 4.39 Å². The molecule has 0 atom stereocenters. The van der Waals surface area contributed by atoms with Gasteiger partial charge in [0.25, 0.3) is 0 Å². The Morgan fingerprint density at radius 1 is 0.800 bits per heavy atom. The fourth-order valence-corrected chi connectivity index (χ4v) is 4.43. The van der Waals surface area contributed by atoms with E-state index in [1.54, 1.807) is 18.3 Å². The van der Waals surface area contributed by atoms with Crippen molar-refractivity contribution in [3.63, 3.8) is 0 Å². The molecule has 0 aliphatic carbocycles. The zero-order valence-corrected chi connectivity index (χ0v) is 19.3. The van der Waals surface area contributed by atoms with Crippen molar-refractivity contribution in [1.82, 2.24) is 25.1 Å². The predicted octanol–water partition coefficient (Wildman–Crippen LogP) is 6.79. The fourth-order valence-electron chi connectivity index (χ4n) is 4.43. The summed E-state index contributed by atoms with van der Waals surface area (Å²) in [6.45, 7) is 4.21. The highest BCUT2D eigenvalue weighted by Crippen LogP contribution is 2.34. The number of anilines is 1. The van der Waals surface area contributed by atoms with E-state index in [0.29, 0.717) is 6.04 Å². The first-order valence-electron chi connectivity index (χ1n) is 11.5. The van der Waals surface area contributed by atoms with Crippen LogP contribution < -0.4 is 5.32 Å². The highest BCUT2D eigenvalue weighted by atomic mass is 19.1. The average molecular weight is 463 g/mol. The van der Waals surface area contributed by atoms with Crippen LogP contribution in [0, 0.1) is 5.82 Å². The van der Waals surface area contributed by atoms with Gasteiger partial charge < -0.3 is 10.3 Å². The van der Waals surface area contributed by atoms with Gasteiger partial charge in [-0.05, 0) is 74.0 Å². The van der Waals surface area contributed by atoms with E-state index in [1.165, 1.54) is 12.1 Å². The van der Waals surface area contributed by atoms with Crippen LogP contribution in [0.2, 0.25) is 0 Å². The third-order valence-electron chi connectivity index (χ3n) is 6.01. The molecule has 6 aromatic rings. The van der Waals surface area contributed by atoms with Crippen LogP contribution in [0.4, 0.5) is 10.1 Å². The van der Waals surface area contributed by atoms with Crippen LogP contribution in [0.15, 0.2) is 79.3 Å². The fraction of sp³-hybridized carbons (Fsp3) is 0.107. The number of benzene rings is 2. The molecule has 7 heteroatoms. The van der Waals surface area contributed by atoms with Crippen molar-refractivity contribution >= 4 is 27.5 Å². The van der Waals surface area contributed by atoms with Gasteiger partial charge in [0.05, 0.1) is 22.6 Å². The van der Waals surface area contributed by atoms with Gasteiger partial charge in [-0.2, -0.15) is 5.10 Å². The van der Waals surface area contributed by atoms with Gasteiger partial charge in [-0.1, -0.05) is 6.07 Å². The van der Waals surface area contributed by atoms with Crippen LogP contribution in [-0.2, 0) is 0 Å². The number of aromatic amines is 2. The van der Waals surface area contributed by atoms with Crippen molar-refractivity contribution in [2.24, 2.45) is 0 Å². The Bertz CT molecular complexity index is 1660. The first-order valence-corrected chi connectivity index (χ1v) is 11.5. The molecule has 0 spiro atoms. The van der Waals surface area contributed by atoms with Crippen LogP contribution in [0.1, 0.15) is 13.8 Å². The lowest BCUT2D eigenvalue weighted by Crippen LogP contribution is -2.09. The Morgan fingerprint density at radius 2 is 1.60 bits per heavy atom. The Hall–Kier alpha value is -4.52. The van der Waals surface area contributed by atoms with Crippen molar-refractivity contribution in [1.29, 1.82) is 0 Å². The normalized spacial score (nSPS) is 11.5. The lowest BCUT2D eigenvalue weighted by Gasteiger charge is -2.11. The van der Waals surface area contributed by atoms with E-state index in [9.17, 15) is 4.39 Å². The Kier molecular flexibility index (Phi) is 5.03. The summed E-state index contributed by atoms with van der Waals surface area (Å²) in [5, 5.41) is 13.1. The molecular formula is C28H23FN6. The molecule has 4 heterocycles. The maximum atomic E-state index is 13.4. The number of hydrogen-bond donors (Lipinski definition) is 3. The highest BCUT2D eigenvalue weighted by molar-refractivity contribution is 6.00. The lowest BCUT2D eigenvalue weighted by molar-refractivity contribution is 0.628. The monoisotopic (exact) mass is 462 g/mol. The van der Waals surface area contributed by atoms with Crippen molar-refractivity contribution in [2.45, 2.75) is 19.9 Å². The second-order valence-corrected chi connectivity index (χ2v) is 8.90. The summed E-state index contributed by atoms with van der Waals surface area (Å²) in [5.41, 5.74) is 8.34. The average Bonchev–Trinajstić information content (AvgIpc) is 3.48. The maximum absolute atomic E-state index is 13.4. The standard InChI is InChI=1S/C28H23FN6/c1-16(2)32-21-11-19(14-30-15-21)18-5-8-25-22(12-18)28(35-34-25)26-13-23-24(33-26)9-10-31-27(23)17-3-6-20(29)7-4-17/h3-16,32-33H,1-2H3,(H,34,35). The molecule has 0 saturated carbocycles. The third-order valence-corrected chi connectivity index (χ3v) is 6.01. The molecule has 0 radical (unpaired) electrons. The van der Waals surface area contributed by atoms with Gasteiger partial charge in [0.1, 0.15) is 11.5 Å². The van der Waals surface area contributed by atoms with E-state index in [1.807, 2.05) is 24.5 Å². The summed E-state index contributed by atoms with van der Waals surface area (Å²) in [6.07, 6.45) is 5.46. The van der Waals surface area contributed by atoms with Crippen LogP contribution >= 0.6 is 0 Å². The molecule has 172 valence electrons. The summed E-state index contributed by atoms with van der Waals surface area (Å²) in [5.74, 6) is -0.268. The largest absolute Gasteiger partial charge is 0.382 e. The van der Waals surface area contributed by atoms with Crippen LogP contribution in [-0.4, -0.2) is 31.2 Å². The highest BCUT2D eigenvalue weighted by Gasteiger charge is 2.15. The van der Waals surface area contributed by atoms with Gasteiger partial charge in [-0.25, -0.2) is 4.39 Å². The zero-order valence-electron chi connectivity index (χ0n) is 19.3. The number of H-pyrrole nitrogens is 2. The van der Waals surface area contributed by atoms with E-state index < -0.39 is 0 Å². The summed E-state index contributed by atoms with van der Waals surface area (Å²) in [4.78, 5) is 12.5. The first kappa shape index (κ1) is 21.0. The molecule has 0 amide bonds. The van der Waals surface area contributed by atoms with Gasteiger partial charge >= 0.3 is 0 Å². The number of halogens is 1.